The number of anilines is 1. The summed E-state index contributed by atoms with van der Waals surface area (Å²) < 4.78 is 27.2. The summed E-state index contributed by atoms with van der Waals surface area (Å²) in [5, 5.41) is 2.72. The van der Waals surface area contributed by atoms with Crippen molar-refractivity contribution in [3.63, 3.8) is 0 Å². The van der Waals surface area contributed by atoms with Crippen LogP contribution in [0, 0.1) is 0 Å². The summed E-state index contributed by atoms with van der Waals surface area (Å²) in [6, 6.07) is 4.88. The van der Waals surface area contributed by atoms with Crippen LogP contribution in [0.1, 0.15) is 26.3 Å². The second kappa shape index (κ2) is 5.58. The van der Waals surface area contributed by atoms with Gasteiger partial charge in [0.1, 0.15) is 0 Å². The van der Waals surface area contributed by atoms with Crippen LogP contribution in [0.5, 0.6) is 0 Å². The van der Waals surface area contributed by atoms with Crippen molar-refractivity contribution in [3.8, 4) is 0 Å². The molecule has 1 N–H and O–H groups in total. The van der Waals surface area contributed by atoms with Gasteiger partial charge in [0.15, 0.2) is 0 Å². The number of amides is 1. The molecule has 0 aromatic heterocycles. The highest BCUT2D eigenvalue weighted by Gasteiger charge is 2.32. The third-order valence-corrected chi connectivity index (χ3v) is 6.42. The highest BCUT2D eigenvalue weighted by molar-refractivity contribution is 7.89. The summed E-state index contributed by atoms with van der Waals surface area (Å²) >= 11 is 0. The highest BCUT2D eigenvalue weighted by atomic mass is 32.2. The van der Waals surface area contributed by atoms with Crippen LogP contribution >= 0.6 is 0 Å². The zero-order valence-corrected chi connectivity index (χ0v) is 14.6. The SMILES string of the molecule is CC(C)(C)N1CCN(S(=O)(=O)c2ccc3c(c2)CC(=O)N3)CC1. The number of fused-ring (bicyclic) bond motifs is 1. The van der Waals surface area contributed by atoms with E-state index in [9.17, 15) is 13.2 Å². The first-order valence-electron chi connectivity index (χ1n) is 7.86. The number of sulfonamides is 1. The molecule has 0 bridgehead atoms. The summed E-state index contributed by atoms with van der Waals surface area (Å²) in [6.45, 7) is 8.87. The maximum absolute atomic E-state index is 12.8. The molecule has 2 aliphatic rings. The number of nitrogens with one attached hydrogen (secondary N) is 1. The normalized spacial score (nSPS) is 20.4. The summed E-state index contributed by atoms with van der Waals surface area (Å²) in [7, 11) is -3.50. The van der Waals surface area contributed by atoms with E-state index in [4.69, 9.17) is 0 Å². The van der Waals surface area contributed by atoms with Gasteiger partial charge in [0.05, 0.1) is 11.3 Å². The van der Waals surface area contributed by atoms with E-state index in [2.05, 4.69) is 31.0 Å². The molecule has 23 heavy (non-hydrogen) atoms. The van der Waals surface area contributed by atoms with Gasteiger partial charge in [0.2, 0.25) is 15.9 Å². The third kappa shape index (κ3) is 3.13. The van der Waals surface area contributed by atoms with Crippen molar-refractivity contribution in [3.05, 3.63) is 23.8 Å². The average molecular weight is 337 g/mol. The highest BCUT2D eigenvalue weighted by Crippen LogP contribution is 2.28. The maximum atomic E-state index is 12.8. The number of hydrogen-bond donors (Lipinski definition) is 1. The van der Waals surface area contributed by atoms with Crippen LogP contribution in [0.15, 0.2) is 23.1 Å². The van der Waals surface area contributed by atoms with Gasteiger partial charge >= 0.3 is 0 Å². The zero-order chi connectivity index (χ0) is 16.8. The number of benzene rings is 1. The quantitative estimate of drug-likeness (QED) is 0.883. The molecule has 1 aromatic carbocycles. The molecule has 7 heteroatoms. The molecule has 1 amide bonds. The molecule has 0 aliphatic carbocycles. The molecule has 1 fully saturated rings. The topological polar surface area (TPSA) is 69.7 Å². The molecule has 0 atom stereocenters. The van der Waals surface area contributed by atoms with Gasteiger partial charge in [-0.2, -0.15) is 4.31 Å². The monoisotopic (exact) mass is 337 g/mol. The molecule has 0 unspecified atom stereocenters. The zero-order valence-electron chi connectivity index (χ0n) is 13.8. The van der Waals surface area contributed by atoms with Crippen molar-refractivity contribution in [2.45, 2.75) is 37.6 Å². The van der Waals surface area contributed by atoms with Crippen LogP contribution < -0.4 is 5.32 Å². The molecule has 6 nitrogen and oxygen atoms in total. The molecule has 3 rings (SSSR count). The lowest BCUT2D eigenvalue weighted by molar-refractivity contribution is -0.115. The van der Waals surface area contributed by atoms with E-state index in [-0.39, 0.29) is 22.8 Å². The van der Waals surface area contributed by atoms with E-state index in [1.807, 2.05) is 0 Å². The van der Waals surface area contributed by atoms with Gasteiger partial charge in [-0.1, -0.05) is 0 Å². The van der Waals surface area contributed by atoms with Crippen molar-refractivity contribution < 1.29 is 13.2 Å². The molecule has 0 saturated carbocycles. The molecule has 0 radical (unpaired) electrons. The van der Waals surface area contributed by atoms with Crippen LogP contribution in [0.2, 0.25) is 0 Å². The van der Waals surface area contributed by atoms with E-state index in [0.29, 0.717) is 18.8 Å². The Bertz CT molecular complexity index is 729. The summed E-state index contributed by atoms with van der Waals surface area (Å²) in [6.07, 6.45) is 0.247. The third-order valence-electron chi connectivity index (χ3n) is 4.53. The van der Waals surface area contributed by atoms with E-state index < -0.39 is 10.0 Å². The van der Waals surface area contributed by atoms with E-state index in [1.54, 1.807) is 22.5 Å². The molecular formula is C16H23N3O3S. The fourth-order valence-corrected chi connectivity index (χ4v) is 4.59. The molecular weight excluding hydrogens is 314 g/mol. The Balaban J connectivity index is 1.78. The number of hydrogen-bond acceptors (Lipinski definition) is 4. The Labute approximate surface area is 137 Å². The fourth-order valence-electron chi connectivity index (χ4n) is 3.11. The maximum Gasteiger partial charge on any atom is 0.243 e. The number of carbonyl (C=O) groups excluding carboxylic acids is 1. The Morgan fingerprint density at radius 3 is 2.35 bits per heavy atom. The lowest BCUT2D eigenvalue weighted by Gasteiger charge is -2.41. The number of rotatable bonds is 2. The molecule has 126 valence electrons. The van der Waals surface area contributed by atoms with Gasteiger partial charge in [0.25, 0.3) is 0 Å². The first-order chi connectivity index (χ1) is 10.7. The van der Waals surface area contributed by atoms with Crippen LogP contribution in [0.3, 0.4) is 0 Å². The molecule has 0 spiro atoms. The van der Waals surface area contributed by atoms with Crippen molar-refractivity contribution >= 4 is 21.6 Å². The summed E-state index contributed by atoms with van der Waals surface area (Å²) in [4.78, 5) is 14.0. The number of carbonyl (C=O) groups is 1. The Morgan fingerprint density at radius 2 is 1.74 bits per heavy atom. The Hall–Kier alpha value is -1.44. The summed E-state index contributed by atoms with van der Waals surface area (Å²) in [5.74, 6) is -0.0895. The molecule has 2 aliphatic heterocycles. The fraction of sp³-hybridized carbons (Fsp3) is 0.562. The molecule has 1 saturated heterocycles. The van der Waals surface area contributed by atoms with Crippen LogP contribution in [0.4, 0.5) is 5.69 Å². The minimum Gasteiger partial charge on any atom is -0.326 e. The van der Waals surface area contributed by atoms with Gasteiger partial charge < -0.3 is 5.32 Å². The Kier molecular flexibility index (Phi) is 3.98. The number of piperazine rings is 1. The van der Waals surface area contributed by atoms with Gasteiger partial charge in [0, 0.05) is 37.4 Å². The molecule has 1 aromatic rings. The lowest BCUT2D eigenvalue weighted by atomic mass is 10.1. The Morgan fingerprint density at radius 1 is 1.09 bits per heavy atom. The lowest BCUT2D eigenvalue weighted by Crippen LogP contribution is -2.54. The van der Waals surface area contributed by atoms with Crippen molar-refractivity contribution in [2.24, 2.45) is 0 Å². The number of nitrogens with zero attached hydrogens (tertiary/aromatic N) is 2. The predicted octanol–water partition coefficient (Wildman–Crippen LogP) is 1.29. The van der Waals surface area contributed by atoms with E-state index in [0.717, 1.165) is 18.7 Å². The minimum absolute atomic E-state index is 0.0510. The summed E-state index contributed by atoms with van der Waals surface area (Å²) in [5.41, 5.74) is 1.52. The van der Waals surface area contributed by atoms with Gasteiger partial charge in [-0.3, -0.25) is 9.69 Å². The predicted molar refractivity (Wildman–Crippen MR) is 88.9 cm³/mol. The smallest absolute Gasteiger partial charge is 0.243 e. The van der Waals surface area contributed by atoms with Crippen molar-refractivity contribution in [2.75, 3.05) is 31.5 Å². The van der Waals surface area contributed by atoms with Crippen molar-refractivity contribution in [1.82, 2.24) is 9.21 Å². The van der Waals surface area contributed by atoms with Gasteiger partial charge in [-0.15, -0.1) is 0 Å². The van der Waals surface area contributed by atoms with E-state index in [1.165, 1.54) is 0 Å². The average Bonchev–Trinajstić information content (AvgIpc) is 2.85. The second-order valence-electron chi connectivity index (χ2n) is 7.11. The van der Waals surface area contributed by atoms with Crippen LogP contribution in [0.25, 0.3) is 0 Å². The van der Waals surface area contributed by atoms with Crippen LogP contribution in [-0.2, 0) is 21.2 Å². The first kappa shape index (κ1) is 16.4. The first-order valence-corrected chi connectivity index (χ1v) is 9.30. The minimum atomic E-state index is -3.50. The van der Waals surface area contributed by atoms with E-state index >= 15 is 0 Å². The van der Waals surface area contributed by atoms with Gasteiger partial charge in [-0.25, -0.2) is 8.42 Å². The van der Waals surface area contributed by atoms with Gasteiger partial charge in [-0.05, 0) is 44.5 Å². The second-order valence-corrected chi connectivity index (χ2v) is 9.04. The molecule has 2 heterocycles. The largest absolute Gasteiger partial charge is 0.326 e. The standard InChI is InChI=1S/C16H23N3O3S/c1-16(2,3)18-6-8-19(9-7-18)23(21,22)13-4-5-14-12(10-13)11-15(20)17-14/h4-5,10H,6-9,11H2,1-3H3,(H,17,20). The van der Waals surface area contributed by atoms with Crippen LogP contribution in [-0.4, -0.2) is 55.2 Å². The van der Waals surface area contributed by atoms with Crippen molar-refractivity contribution in [1.29, 1.82) is 0 Å².